The molecule has 2 nitrogen and oxygen atoms in total. The topological polar surface area (TPSA) is 33.1 Å². The van der Waals surface area contributed by atoms with Gasteiger partial charge in [-0.25, -0.2) is 4.98 Å². The van der Waals surface area contributed by atoms with Gasteiger partial charge in [0, 0.05) is 5.39 Å². The number of hydrogen-bond donors (Lipinski definition) is 1. The molecule has 0 amide bonds. The van der Waals surface area contributed by atoms with E-state index in [4.69, 9.17) is 0 Å². The smallest absolute Gasteiger partial charge is 0.137 e. The molecule has 1 N–H and O–H groups in total. The lowest BCUT2D eigenvalue weighted by atomic mass is 9.90. The van der Waals surface area contributed by atoms with Crippen molar-refractivity contribution in [2.75, 3.05) is 0 Å². The molecule has 0 saturated heterocycles. The van der Waals surface area contributed by atoms with Crippen LogP contribution in [-0.4, -0.2) is 10.1 Å². The first kappa shape index (κ1) is 10.9. The number of fused-ring (bicyclic) bond motifs is 1. The molecule has 0 fully saturated rings. The lowest BCUT2D eigenvalue weighted by Gasteiger charge is -2.18. The van der Waals surface area contributed by atoms with Crippen molar-refractivity contribution in [3.8, 4) is 5.75 Å². The highest BCUT2D eigenvalue weighted by Crippen LogP contribution is 2.27. The number of rotatable bonds is 1. The summed E-state index contributed by atoms with van der Waals surface area (Å²) in [6.45, 7) is 6.43. The lowest BCUT2D eigenvalue weighted by molar-refractivity contribution is 0.389. The van der Waals surface area contributed by atoms with Crippen LogP contribution in [0, 0.1) is 5.41 Å². The van der Waals surface area contributed by atoms with Crippen molar-refractivity contribution >= 4 is 10.9 Å². The van der Waals surface area contributed by atoms with Crippen molar-refractivity contribution in [2.45, 2.75) is 27.2 Å². The summed E-state index contributed by atoms with van der Waals surface area (Å²) in [7, 11) is 0. The Bertz CT molecular complexity index is 512. The van der Waals surface area contributed by atoms with Gasteiger partial charge in [0.05, 0.1) is 11.2 Å². The molecule has 0 aliphatic heterocycles. The molecule has 1 aromatic heterocycles. The molecule has 0 atom stereocenters. The zero-order valence-electron chi connectivity index (χ0n) is 9.99. The minimum absolute atomic E-state index is 0.132. The van der Waals surface area contributed by atoms with Gasteiger partial charge in [-0.15, -0.1) is 0 Å². The average Bonchev–Trinajstić information content (AvgIpc) is 2.17. The summed E-state index contributed by atoms with van der Waals surface area (Å²) >= 11 is 0. The third-order valence-electron chi connectivity index (χ3n) is 2.48. The predicted octanol–water partition coefficient (Wildman–Crippen LogP) is 3.53. The largest absolute Gasteiger partial charge is 0.506 e. The highest BCUT2D eigenvalue weighted by molar-refractivity contribution is 5.80. The molecule has 16 heavy (non-hydrogen) atoms. The zero-order valence-corrected chi connectivity index (χ0v) is 9.99. The van der Waals surface area contributed by atoms with Crippen molar-refractivity contribution in [2.24, 2.45) is 5.41 Å². The van der Waals surface area contributed by atoms with Crippen LogP contribution in [0.4, 0.5) is 0 Å². The summed E-state index contributed by atoms with van der Waals surface area (Å²) < 4.78 is 0. The van der Waals surface area contributed by atoms with Crippen molar-refractivity contribution < 1.29 is 5.11 Å². The number of nitrogens with zero attached hydrogens (tertiary/aromatic N) is 1. The monoisotopic (exact) mass is 215 g/mol. The van der Waals surface area contributed by atoms with Crippen LogP contribution < -0.4 is 0 Å². The van der Waals surface area contributed by atoms with Gasteiger partial charge in [-0.1, -0.05) is 39.0 Å². The van der Waals surface area contributed by atoms with Crippen LogP contribution in [0.25, 0.3) is 10.9 Å². The molecule has 2 heteroatoms. The highest BCUT2D eigenvalue weighted by atomic mass is 16.3. The van der Waals surface area contributed by atoms with Crippen LogP contribution in [0.1, 0.15) is 26.5 Å². The van der Waals surface area contributed by atoms with E-state index in [0.29, 0.717) is 5.75 Å². The minimum Gasteiger partial charge on any atom is -0.506 e. The lowest BCUT2D eigenvalue weighted by Crippen LogP contribution is -2.10. The summed E-state index contributed by atoms with van der Waals surface area (Å²) in [5, 5.41) is 10.9. The fourth-order valence-electron chi connectivity index (χ4n) is 1.78. The third-order valence-corrected chi connectivity index (χ3v) is 2.48. The maximum absolute atomic E-state index is 9.91. The summed E-state index contributed by atoms with van der Waals surface area (Å²) in [6, 6.07) is 9.65. The van der Waals surface area contributed by atoms with E-state index in [-0.39, 0.29) is 5.41 Å². The Morgan fingerprint density at radius 1 is 1.19 bits per heavy atom. The molecular weight excluding hydrogens is 198 g/mol. The Hall–Kier alpha value is -1.57. The average molecular weight is 215 g/mol. The van der Waals surface area contributed by atoms with E-state index in [1.165, 1.54) is 0 Å². The van der Waals surface area contributed by atoms with Crippen LogP contribution >= 0.6 is 0 Å². The van der Waals surface area contributed by atoms with E-state index in [1.54, 1.807) is 6.07 Å². The van der Waals surface area contributed by atoms with Gasteiger partial charge < -0.3 is 5.11 Å². The molecule has 0 unspecified atom stereocenters. The second-order valence-corrected chi connectivity index (χ2v) is 5.38. The quantitative estimate of drug-likeness (QED) is 0.789. The van der Waals surface area contributed by atoms with E-state index in [0.717, 1.165) is 23.0 Å². The third kappa shape index (κ3) is 2.32. The Kier molecular flexibility index (Phi) is 2.58. The summed E-state index contributed by atoms with van der Waals surface area (Å²) in [6.07, 6.45) is 0.781. The second-order valence-electron chi connectivity index (χ2n) is 5.38. The van der Waals surface area contributed by atoms with Gasteiger partial charge in [0.15, 0.2) is 0 Å². The van der Waals surface area contributed by atoms with Gasteiger partial charge in [-0.2, -0.15) is 0 Å². The molecule has 1 aromatic carbocycles. The molecule has 0 saturated carbocycles. The molecule has 0 aliphatic carbocycles. The minimum atomic E-state index is 0.132. The summed E-state index contributed by atoms with van der Waals surface area (Å²) in [4.78, 5) is 4.51. The first-order valence-corrected chi connectivity index (χ1v) is 5.53. The number of aromatic hydroxyl groups is 1. The van der Waals surface area contributed by atoms with Gasteiger partial charge in [0.1, 0.15) is 5.75 Å². The van der Waals surface area contributed by atoms with E-state index in [2.05, 4.69) is 25.8 Å². The SMILES string of the molecule is CC(C)(C)Cc1nc2ccccc2cc1O. The van der Waals surface area contributed by atoms with Crippen molar-refractivity contribution in [1.82, 2.24) is 4.98 Å². The Morgan fingerprint density at radius 2 is 1.88 bits per heavy atom. The van der Waals surface area contributed by atoms with Gasteiger partial charge in [-0.3, -0.25) is 0 Å². The van der Waals surface area contributed by atoms with Crippen LogP contribution in [0.5, 0.6) is 5.75 Å². The molecule has 84 valence electrons. The van der Waals surface area contributed by atoms with E-state index in [1.807, 2.05) is 24.3 Å². The predicted molar refractivity (Wildman–Crippen MR) is 66.6 cm³/mol. The normalized spacial score (nSPS) is 11.9. The molecule has 0 aliphatic rings. The van der Waals surface area contributed by atoms with Crippen LogP contribution in [0.2, 0.25) is 0 Å². The molecular formula is C14H17NO. The Morgan fingerprint density at radius 3 is 2.56 bits per heavy atom. The van der Waals surface area contributed by atoms with E-state index >= 15 is 0 Å². The van der Waals surface area contributed by atoms with Gasteiger partial charge in [-0.05, 0) is 24.0 Å². The van der Waals surface area contributed by atoms with E-state index < -0.39 is 0 Å². The fourth-order valence-corrected chi connectivity index (χ4v) is 1.78. The molecule has 0 radical (unpaired) electrons. The van der Waals surface area contributed by atoms with Crippen LogP contribution in [0.3, 0.4) is 0 Å². The van der Waals surface area contributed by atoms with Gasteiger partial charge in [0.2, 0.25) is 0 Å². The van der Waals surface area contributed by atoms with Crippen molar-refractivity contribution in [3.63, 3.8) is 0 Å². The first-order valence-electron chi connectivity index (χ1n) is 5.53. The highest BCUT2D eigenvalue weighted by Gasteiger charge is 2.15. The number of benzene rings is 1. The Balaban J connectivity index is 2.50. The molecule has 1 heterocycles. The Labute approximate surface area is 96.0 Å². The maximum atomic E-state index is 9.91. The fraction of sp³-hybridized carbons (Fsp3) is 0.357. The summed E-state index contributed by atoms with van der Waals surface area (Å²) in [5.41, 5.74) is 1.86. The van der Waals surface area contributed by atoms with Crippen LogP contribution in [-0.2, 0) is 6.42 Å². The summed E-state index contributed by atoms with van der Waals surface area (Å²) in [5.74, 6) is 0.300. The molecule has 2 aromatic rings. The zero-order chi connectivity index (χ0) is 11.8. The number of hydrogen-bond acceptors (Lipinski definition) is 2. The van der Waals surface area contributed by atoms with Gasteiger partial charge in [0.25, 0.3) is 0 Å². The maximum Gasteiger partial charge on any atom is 0.137 e. The van der Waals surface area contributed by atoms with Gasteiger partial charge >= 0.3 is 0 Å². The number of aromatic nitrogens is 1. The first-order chi connectivity index (χ1) is 7.46. The number of para-hydroxylation sites is 1. The molecule has 0 spiro atoms. The van der Waals surface area contributed by atoms with E-state index in [9.17, 15) is 5.11 Å². The standard InChI is InChI=1S/C14H17NO/c1-14(2,3)9-12-13(16)8-10-6-4-5-7-11(10)15-12/h4-8,16H,9H2,1-3H3. The van der Waals surface area contributed by atoms with Crippen LogP contribution in [0.15, 0.2) is 30.3 Å². The van der Waals surface area contributed by atoms with Crippen molar-refractivity contribution in [3.05, 3.63) is 36.0 Å². The second kappa shape index (κ2) is 3.78. The molecule has 2 rings (SSSR count). The van der Waals surface area contributed by atoms with Crippen molar-refractivity contribution in [1.29, 1.82) is 0 Å². The number of pyridine rings is 1. The molecule has 0 bridgehead atoms.